The molecule has 0 aromatic carbocycles. The molecule has 1 aliphatic carbocycles. The molecule has 1 aromatic heterocycles. The summed E-state index contributed by atoms with van der Waals surface area (Å²) in [5, 5.41) is 9.89. The van der Waals surface area contributed by atoms with E-state index in [-0.39, 0.29) is 11.8 Å². The first-order valence-electron chi connectivity index (χ1n) is 7.11. The number of nitrogens with zero attached hydrogens (tertiary/aromatic N) is 1. The average Bonchev–Trinajstić information content (AvgIpc) is 2.70. The largest absolute Gasteiger partial charge is 0.395 e. The number of carbonyl (C=O) groups is 1. The molecule has 0 unspecified atom stereocenters. The topological polar surface area (TPSA) is 83.8 Å². The van der Waals surface area contributed by atoms with Gasteiger partial charge in [-0.1, -0.05) is 27.2 Å². The smallest absolute Gasteiger partial charge is 0.273 e. The van der Waals surface area contributed by atoms with Crippen molar-refractivity contribution in [3.63, 3.8) is 0 Å². The first-order valence-corrected chi connectivity index (χ1v) is 7.11. The second kappa shape index (κ2) is 5.23. The van der Waals surface area contributed by atoms with Crippen molar-refractivity contribution in [2.45, 2.75) is 52.4 Å². The van der Waals surface area contributed by atoms with Crippen LogP contribution >= 0.6 is 0 Å². The van der Waals surface area contributed by atoms with Gasteiger partial charge in [0, 0.05) is 6.54 Å². The summed E-state index contributed by atoms with van der Waals surface area (Å²) in [5.41, 5.74) is 7.91. The lowest BCUT2D eigenvalue weighted by molar-refractivity contribution is 0.0846. The number of aromatic amines is 1. The molecule has 0 atom stereocenters. The van der Waals surface area contributed by atoms with Crippen LogP contribution < -0.4 is 11.1 Å². The van der Waals surface area contributed by atoms with Crippen molar-refractivity contribution in [2.24, 2.45) is 5.41 Å². The summed E-state index contributed by atoms with van der Waals surface area (Å²) in [7, 11) is 0. The van der Waals surface area contributed by atoms with E-state index in [0.29, 0.717) is 16.8 Å². The summed E-state index contributed by atoms with van der Waals surface area (Å²) >= 11 is 0. The molecule has 4 N–H and O–H groups in total. The Labute approximate surface area is 114 Å². The van der Waals surface area contributed by atoms with Crippen LogP contribution in [0.25, 0.3) is 0 Å². The predicted octanol–water partition coefficient (Wildman–Crippen LogP) is 2.43. The number of hydrogen-bond donors (Lipinski definition) is 3. The SMILES string of the molecule is CCC1(CNC(=O)c2n[nH]c(C(C)C)c2N)CCC1. The Hall–Kier alpha value is -1.52. The predicted molar refractivity (Wildman–Crippen MR) is 76.0 cm³/mol. The van der Waals surface area contributed by atoms with E-state index in [1.165, 1.54) is 19.3 Å². The van der Waals surface area contributed by atoms with Gasteiger partial charge in [-0.05, 0) is 30.6 Å². The Kier molecular flexibility index (Phi) is 3.83. The van der Waals surface area contributed by atoms with E-state index in [0.717, 1.165) is 18.7 Å². The molecule has 1 fully saturated rings. The standard InChI is InChI=1S/C14H24N4O/c1-4-14(6-5-7-14)8-16-13(19)12-10(15)11(9(2)3)17-18-12/h9H,4-8,15H2,1-3H3,(H,16,19)(H,17,18). The third-order valence-electron chi connectivity index (χ3n) is 4.41. The van der Waals surface area contributed by atoms with Gasteiger partial charge in [0.2, 0.25) is 0 Å². The van der Waals surface area contributed by atoms with Gasteiger partial charge in [0.15, 0.2) is 5.69 Å². The number of nitrogens with one attached hydrogen (secondary N) is 2. The van der Waals surface area contributed by atoms with Crippen LogP contribution in [0.1, 0.15) is 68.6 Å². The molecule has 1 saturated carbocycles. The monoisotopic (exact) mass is 264 g/mol. The number of anilines is 1. The third kappa shape index (κ3) is 2.60. The van der Waals surface area contributed by atoms with Crippen molar-refractivity contribution in [3.05, 3.63) is 11.4 Å². The fraction of sp³-hybridized carbons (Fsp3) is 0.714. The van der Waals surface area contributed by atoms with Crippen LogP contribution in [0.2, 0.25) is 0 Å². The van der Waals surface area contributed by atoms with Crippen LogP contribution in [-0.4, -0.2) is 22.6 Å². The zero-order valence-electron chi connectivity index (χ0n) is 12.0. The van der Waals surface area contributed by atoms with E-state index >= 15 is 0 Å². The maximum atomic E-state index is 12.1. The number of nitrogen functional groups attached to an aromatic ring is 1. The second-order valence-corrected chi connectivity index (χ2v) is 5.94. The minimum atomic E-state index is -0.166. The fourth-order valence-corrected chi connectivity index (χ4v) is 2.66. The summed E-state index contributed by atoms with van der Waals surface area (Å²) in [5.74, 6) is 0.0723. The van der Waals surface area contributed by atoms with Crippen LogP contribution in [0, 0.1) is 5.41 Å². The Bertz CT molecular complexity index is 455. The highest BCUT2D eigenvalue weighted by Gasteiger charge is 2.35. The normalized spacial score (nSPS) is 17.3. The molecule has 1 amide bonds. The lowest BCUT2D eigenvalue weighted by atomic mass is 9.67. The van der Waals surface area contributed by atoms with Crippen molar-refractivity contribution >= 4 is 11.6 Å². The van der Waals surface area contributed by atoms with Gasteiger partial charge in [0.1, 0.15) is 0 Å². The molecule has 1 aromatic rings. The molecule has 2 rings (SSSR count). The molecular weight excluding hydrogens is 240 g/mol. The van der Waals surface area contributed by atoms with Gasteiger partial charge >= 0.3 is 0 Å². The molecule has 5 nitrogen and oxygen atoms in total. The van der Waals surface area contributed by atoms with Gasteiger partial charge in [-0.3, -0.25) is 9.89 Å². The van der Waals surface area contributed by atoms with Crippen LogP contribution in [0.15, 0.2) is 0 Å². The van der Waals surface area contributed by atoms with Crippen molar-refractivity contribution in [3.8, 4) is 0 Å². The Balaban J connectivity index is 2.00. The zero-order valence-corrected chi connectivity index (χ0v) is 12.0. The van der Waals surface area contributed by atoms with Gasteiger partial charge < -0.3 is 11.1 Å². The van der Waals surface area contributed by atoms with Crippen LogP contribution in [0.3, 0.4) is 0 Å². The Morgan fingerprint density at radius 3 is 2.63 bits per heavy atom. The highest BCUT2D eigenvalue weighted by atomic mass is 16.1. The number of carbonyl (C=O) groups excluding carboxylic acids is 1. The summed E-state index contributed by atoms with van der Waals surface area (Å²) in [6.07, 6.45) is 4.79. The number of aromatic nitrogens is 2. The molecule has 0 radical (unpaired) electrons. The van der Waals surface area contributed by atoms with Crippen molar-refractivity contribution in [2.75, 3.05) is 12.3 Å². The molecule has 0 bridgehead atoms. The summed E-state index contributed by atoms with van der Waals surface area (Å²) < 4.78 is 0. The maximum absolute atomic E-state index is 12.1. The quantitative estimate of drug-likeness (QED) is 0.763. The summed E-state index contributed by atoms with van der Waals surface area (Å²) in [6, 6.07) is 0. The van der Waals surface area contributed by atoms with Crippen molar-refractivity contribution < 1.29 is 4.79 Å². The molecular formula is C14H24N4O. The molecule has 106 valence electrons. The van der Waals surface area contributed by atoms with Gasteiger partial charge in [-0.2, -0.15) is 5.10 Å². The van der Waals surface area contributed by atoms with Gasteiger partial charge in [0.25, 0.3) is 5.91 Å². The Morgan fingerprint density at radius 2 is 2.21 bits per heavy atom. The van der Waals surface area contributed by atoms with E-state index in [1.807, 2.05) is 13.8 Å². The lowest BCUT2D eigenvalue weighted by Crippen LogP contribution is -2.41. The molecule has 0 spiro atoms. The van der Waals surface area contributed by atoms with Gasteiger partial charge in [0.05, 0.1) is 11.4 Å². The highest BCUT2D eigenvalue weighted by molar-refractivity contribution is 5.97. The molecule has 1 aliphatic rings. The first-order chi connectivity index (χ1) is 8.99. The molecule has 5 heteroatoms. The molecule has 19 heavy (non-hydrogen) atoms. The van der Waals surface area contributed by atoms with E-state index in [9.17, 15) is 4.79 Å². The van der Waals surface area contributed by atoms with Gasteiger partial charge in [-0.25, -0.2) is 0 Å². The highest BCUT2D eigenvalue weighted by Crippen LogP contribution is 2.43. The number of hydrogen-bond acceptors (Lipinski definition) is 3. The number of amides is 1. The summed E-state index contributed by atoms with van der Waals surface area (Å²) in [6.45, 7) is 6.95. The maximum Gasteiger partial charge on any atom is 0.273 e. The van der Waals surface area contributed by atoms with E-state index in [1.54, 1.807) is 0 Å². The van der Waals surface area contributed by atoms with Crippen LogP contribution in [-0.2, 0) is 0 Å². The van der Waals surface area contributed by atoms with E-state index in [4.69, 9.17) is 5.73 Å². The lowest BCUT2D eigenvalue weighted by Gasteiger charge is -2.41. The molecule has 0 aliphatic heterocycles. The Morgan fingerprint density at radius 1 is 1.53 bits per heavy atom. The number of nitrogens with two attached hydrogens (primary N) is 1. The number of rotatable bonds is 5. The van der Waals surface area contributed by atoms with Crippen LogP contribution in [0.5, 0.6) is 0 Å². The van der Waals surface area contributed by atoms with Crippen LogP contribution in [0.4, 0.5) is 5.69 Å². The average molecular weight is 264 g/mol. The van der Waals surface area contributed by atoms with Gasteiger partial charge in [-0.15, -0.1) is 0 Å². The van der Waals surface area contributed by atoms with E-state index in [2.05, 4.69) is 22.4 Å². The molecule has 0 saturated heterocycles. The van der Waals surface area contributed by atoms with Crippen molar-refractivity contribution in [1.29, 1.82) is 0 Å². The molecule has 1 heterocycles. The van der Waals surface area contributed by atoms with E-state index < -0.39 is 0 Å². The minimum Gasteiger partial charge on any atom is -0.395 e. The minimum absolute atomic E-state index is 0.166. The summed E-state index contributed by atoms with van der Waals surface area (Å²) in [4.78, 5) is 12.1. The van der Waals surface area contributed by atoms with Crippen molar-refractivity contribution in [1.82, 2.24) is 15.5 Å². The zero-order chi connectivity index (χ0) is 14.0. The third-order valence-corrected chi connectivity index (χ3v) is 4.41. The fourth-order valence-electron chi connectivity index (χ4n) is 2.66. The number of H-pyrrole nitrogens is 1. The second-order valence-electron chi connectivity index (χ2n) is 5.94. The first kappa shape index (κ1) is 13.9.